The Morgan fingerprint density at radius 2 is 1.68 bits per heavy atom. The topological polar surface area (TPSA) is 157 Å². The Balaban J connectivity index is 3.33. The van der Waals surface area contributed by atoms with Crippen molar-refractivity contribution in [3.63, 3.8) is 0 Å². The van der Waals surface area contributed by atoms with Gasteiger partial charge in [0.1, 0.15) is 17.7 Å². The van der Waals surface area contributed by atoms with E-state index in [4.69, 9.17) is 15.2 Å². The lowest BCUT2D eigenvalue weighted by Crippen LogP contribution is -2.53. The molecule has 1 rings (SSSR count). The first kappa shape index (κ1) is 32.4. The lowest BCUT2D eigenvalue weighted by Gasteiger charge is -2.34. The molecule has 4 amide bonds. The van der Waals surface area contributed by atoms with Gasteiger partial charge in [-0.15, -0.1) is 0 Å². The summed E-state index contributed by atoms with van der Waals surface area (Å²) in [5, 5.41) is 5.27. The molecule has 0 aliphatic heterocycles. The first-order chi connectivity index (χ1) is 17.9. The zero-order valence-corrected chi connectivity index (χ0v) is 23.1. The molecule has 0 radical (unpaired) electrons. The maximum Gasteiger partial charge on any atom is 0.408 e. The summed E-state index contributed by atoms with van der Waals surface area (Å²) in [5.41, 5.74) is 5.06. The number of rotatable bonds is 15. The monoisotopic (exact) mass is 534 g/mol. The maximum absolute atomic E-state index is 13.9. The highest BCUT2D eigenvalue weighted by molar-refractivity contribution is 5.92. The zero-order valence-electron chi connectivity index (χ0n) is 23.1. The highest BCUT2D eigenvalue weighted by atomic mass is 16.6. The number of nitrogens with zero attached hydrogens (tertiary/aromatic N) is 1. The van der Waals surface area contributed by atoms with E-state index in [1.54, 1.807) is 58.0 Å². The van der Waals surface area contributed by atoms with Crippen LogP contribution in [-0.4, -0.2) is 66.0 Å². The number of alkyl carbamates (subject to hydrolysis) is 1. The Morgan fingerprint density at radius 1 is 1.03 bits per heavy atom. The average Bonchev–Trinajstić information content (AvgIpc) is 2.83. The fourth-order valence-corrected chi connectivity index (χ4v) is 3.61. The summed E-state index contributed by atoms with van der Waals surface area (Å²) in [7, 11) is 0. The standard InChI is InChI=1S/C27H42N4O7/c1-6-8-18-31(25(35)20(14-15-21(28)32)30-26(36)38-27(3,4)5)23(19-12-10-9-11-13-19)24(34)29-17-16-22(33)37-7-2/h9-13,20,23H,6-8,14-18H2,1-5H3,(H2,28,32)(H,29,34)(H,30,36). The molecule has 0 heterocycles. The van der Waals surface area contributed by atoms with Crippen LogP contribution in [0.1, 0.15) is 78.3 Å². The van der Waals surface area contributed by atoms with E-state index < -0.39 is 47.5 Å². The number of ether oxygens (including phenoxy) is 2. The number of primary amides is 1. The van der Waals surface area contributed by atoms with E-state index in [-0.39, 0.29) is 39.0 Å². The largest absolute Gasteiger partial charge is 0.466 e. The van der Waals surface area contributed by atoms with E-state index in [1.165, 1.54) is 4.90 Å². The van der Waals surface area contributed by atoms with Crippen LogP contribution in [0.15, 0.2) is 30.3 Å². The second-order valence-corrected chi connectivity index (χ2v) is 9.75. The van der Waals surface area contributed by atoms with Crippen molar-refractivity contribution in [2.24, 2.45) is 5.73 Å². The van der Waals surface area contributed by atoms with Gasteiger partial charge in [0.15, 0.2) is 0 Å². The van der Waals surface area contributed by atoms with Crippen LogP contribution in [0.5, 0.6) is 0 Å². The predicted molar refractivity (Wildman–Crippen MR) is 142 cm³/mol. The van der Waals surface area contributed by atoms with Gasteiger partial charge in [-0.1, -0.05) is 43.7 Å². The fourth-order valence-electron chi connectivity index (χ4n) is 3.61. The molecule has 1 aromatic rings. The zero-order chi connectivity index (χ0) is 28.7. The minimum Gasteiger partial charge on any atom is -0.466 e. The van der Waals surface area contributed by atoms with Crippen LogP contribution in [0.3, 0.4) is 0 Å². The van der Waals surface area contributed by atoms with Gasteiger partial charge in [-0.3, -0.25) is 19.2 Å². The number of amides is 4. The van der Waals surface area contributed by atoms with Gasteiger partial charge in [0, 0.05) is 19.5 Å². The number of hydrogen-bond donors (Lipinski definition) is 3. The SMILES string of the molecule is CCCCN(C(=O)C(CCC(N)=O)NC(=O)OC(C)(C)C)C(C(=O)NCCC(=O)OCC)c1ccccc1. The summed E-state index contributed by atoms with van der Waals surface area (Å²) in [5.74, 6) is -2.13. The molecule has 0 aliphatic carbocycles. The van der Waals surface area contributed by atoms with Crippen LogP contribution in [0.2, 0.25) is 0 Å². The van der Waals surface area contributed by atoms with Crippen molar-refractivity contribution in [1.82, 2.24) is 15.5 Å². The van der Waals surface area contributed by atoms with Crippen LogP contribution in [-0.2, 0) is 28.7 Å². The smallest absolute Gasteiger partial charge is 0.408 e. The summed E-state index contributed by atoms with van der Waals surface area (Å²) in [4.78, 5) is 64.5. The van der Waals surface area contributed by atoms with Crippen molar-refractivity contribution in [3.05, 3.63) is 35.9 Å². The molecule has 0 saturated carbocycles. The Kier molecular flexibility index (Phi) is 13.9. The van der Waals surface area contributed by atoms with Crippen molar-refractivity contribution in [1.29, 1.82) is 0 Å². The summed E-state index contributed by atoms with van der Waals surface area (Å²) in [6, 6.07) is 6.53. The van der Waals surface area contributed by atoms with Gasteiger partial charge in [-0.05, 0) is 46.1 Å². The number of carbonyl (C=O) groups is 5. The number of hydrogen-bond acceptors (Lipinski definition) is 7. The van der Waals surface area contributed by atoms with Gasteiger partial charge in [0.25, 0.3) is 0 Å². The molecule has 0 fully saturated rings. The van der Waals surface area contributed by atoms with Gasteiger partial charge in [-0.2, -0.15) is 0 Å². The van der Waals surface area contributed by atoms with E-state index >= 15 is 0 Å². The molecule has 2 atom stereocenters. The van der Waals surface area contributed by atoms with Crippen LogP contribution < -0.4 is 16.4 Å². The minimum atomic E-state index is -1.16. The van der Waals surface area contributed by atoms with Crippen LogP contribution in [0.25, 0.3) is 0 Å². The number of unbranched alkanes of at least 4 members (excludes halogenated alkanes) is 1. The molecule has 11 heteroatoms. The molecule has 0 aliphatic rings. The third-order valence-corrected chi connectivity index (χ3v) is 5.31. The van der Waals surface area contributed by atoms with Crippen molar-refractivity contribution >= 4 is 29.8 Å². The van der Waals surface area contributed by atoms with Crippen LogP contribution in [0, 0.1) is 0 Å². The first-order valence-corrected chi connectivity index (χ1v) is 13.0. The van der Waals surface area contributed by atoms with Crippen molar-refractivity contribution in [2.45, 2.75) is 84.4 Å². The fraction of sp³-hybridized carbons (Fsp3) is 0.593. The van der Waals surface area contributed by atoms with E-state index in [0.29, 0.717) is 12.0 Å². The van der Waals surface area contributed by atoms with Gasteiger partial charge >= 0.3 is 12.1 Å². The number of nitrogens with one attached hydrogen (secondary N) is 2. The van der Waals surface area contributed by atoms with E-state index in [0.717, 1.165) is 6.42 Å². The molecule has 4 N–H and O–H groups in total. The molecular weight excluding hydrogens is 492 g/mol. The van der Waals surface area contributed by atoms with E-state index in [1.807, 2.05) is 6.92 Å². The summed E-state index contributed by atoms with van der Waals surface area (Å²) in [6.07, 6.45) is 0.246. The van der Waals surface area contributed by atoms with E-state index in [2.05, 4.69) is 10.6 Å². The Hall–Kier alpha value is -3.63. The third-order valence-electron chi connectivity index (χ3n) is 5.31. The highest BCUT2D eigenvalue weighted by Gasteiger charge is 2.36. The second kappa shape index (κ2) is 16.3. The molecule has 0 spiro atoms. The Labute approximate surface area is 224 Å². The molecule has 11 nitrogen and oxygen atoms in total. The van der Waals surface area contributed by atoms with Crippen LogP contribution in [0.4, 0.5) is 4.79 Å². The molecule has 38 heavy (non-hydrogen) atoms. The second-order valence-electron chi connectivity index (χ2n) is 9.75. The summed E-state index contributed by atoms with van der Waals surface area (Å²) >= 11 is 0. The third kappa shape index (κ3) is 12.1. The summed E-state index contributed by atoms with van der Waals surface area (Å²) in [6.45, 7) is 9.17. The Morgan fingerprint density at radius 3 is 2.24 bits per heavy atom. The van der Waals surface area contributed by atoms with Crippen molar-refractivity contribution in [2.75, 3.05) is 19.7 Å². The lowest BCUT2D eigenvalue weighted by atomic mass is 10.0. The molecule has 0 aromatic heterocycles. The maximum atomic E-state index is 13.9. The van der Waals surface area contributed by atoms with Gasteiger partial charge < -0.3 is 30.7 Å². The summed E-state index contributed by atoms with van der Waals surface area (Å²) < 4.78 is 10.2. The molecule has 212 valence electrons. The first-order valence-electron chi connectivity index (χ1n) is 13.0. The molecule has 0 bridgehead atoms. The van der Waals surface area contributed by atoms with Gasteiger partial charge in [0.05, 0.1) is 13.0 Å². The lowest BCUT2D eigenvalue weighted by molar-refractivity contribution is -0.144. The molecular formula is C27H42N4O7. The number of esters is 1. The highest BCUT2D eigenvalue weighted by Crippen LogP contribution is 2.24. The van der Waals surface area contributed by atoms with Crippen molar-refractivity contribution < 1.29 is 33.4 Å². The predicted octanol–water partition coefficient (Wildman–Crippen LogP) is 2.58. The average molecular weight is 535 g/mol. The quantitative estimate of drug-likeness (QED) is 0.292. The number of benzene rings is 1. The normalized spacial score (nSPS) is 12.6. The number of carbonyl (C=O) groups excluding carboxylic acids is 5. The van der Waals surface area contributed by atoms with E-state index in [9.17, 15) is 24.0 Å². The Bertz CT molecular complexity index is 931. The van der Waals surface area contributed by atoms with Gasteiger partial charge in [-0.25, -0.2) is 4.79 Å². The van der Waals surface area contributed by atoms with Gasteiger partial charge in [0.2, 0.25) is 17.7 Å². The molecule has 1 aromatic carbocycles. The molecule has 0 saturated heterocycles. The minimum absolute atomic E-state index is 0.0224. The number of nitrogens with two attached hydrogens (primary N) is 1. The molecule has 2 unspecified atom stereocenters. The van der Waals surface area contributed by atoms with Crippen LogP contribution >= 0.6 is 0 Å². The van der Waals surface area contributed by atoms with Crippen molar-refractivity contribution in [3.8, 4) is 0 Å².